The molecule has 0 aliphatic carbocycles. The van der Waals surface area contributed by atoms with Crippen molar-refractivity contribution in [1.82, 2.24) is 19.4 Å². The lowest BCUT2D eigenvalue weighted by Crippen LogP contribution is -2.62. The molecular weight excluding hydrogens is 436 g/mol. The molecule has 2 bridgehead atoms. The van der Waals surface area contributed by atoms with Gasteiger partial charge in [-0.05, 0) is 55.4 Å². The number of fused-ring (bicyclic) bond motifs is 4. The number of thiophene rings is 1. The topological polar surface area (TPSA) is 90.0 Å². The molecule has 1 aromatic heterocycles. The van der Waals surface area contributed by atoms with Crippen molar-refractivity contribution >= 4 is 33.3 Å². The van der Waals surface area contributed by atoms with Crippen molar-refractivity contribution in [2.24, 2.45) is 11.8 Å². The molecule has 4 saturated heterocycles. The standard InChI is InChI=1S/C21H30N4O4S2/c26-19-4-1-3-18-16-11-15(13-25(18)19)12-24(14-16)21(27)23-8-6-17(7-9-23)22-31(28,29)20-5-2-10-30-20/h2,5,10,15-18,22H,1,3-4,6-9,11-14H2/t15-,16-,18-/m1/s1. The van der Waals surface area contributed by atoms with E-state index in [0.717, 1.165) is 38.9 Å². The quantitative estimate of drug-likeness (QED) is 0.737. The Hall–Kier alpha value is -1.65. The number of sulfonamides is 1. The van der Waals surface area contributed by atoms with Crippen molar-refractivity contribution < 1.29 is 18.0 Å². The second-order valence-corrected chi connectivity index (χ2v) is 12.3. The molecule has 5 heterocycles. The van der Waals surface area contributed by atoms with Crippen LogP contribution in [-0.4, -0.2) is 79.9 Å². The van der Waals surface area contributed by atoms with Crippen LogP contribution >= 0.6 is 11.3 Å². The summed E-state index contributed by atoms with van der Waals surface area (Å²) in [5.74, 6) is 1.05. The van der Waals surface area contributed by atoms with Gasteiger partial charge in [0.2, 0.25) is 15.9 Å². The predicted octanol–water partition coefficient (Wildman–Crippen LogP) is 1.94. The summed E-state index contributed by atoms with van der Waals surface area (Å²) in [6.07, 6.45) is 5.06. The maximum atomic E-state index is 13.2. The Morgan fingerprint density at radius 2 is 1.90 bits per heavy atom. The highest BCUT2D eigenvalue weighted by atomic mass is 32.2. The second-order valence-electron chi connectivity index (χ2n) is 9.37. The minimum atomic E-state index is -3.48. The molecule has 3 amide bonds. The zero-order valence-electron chi connectivity index (χ0n) is 17.6. The van der Waals surface area contributed by atoms with Gasteiger partial charge in [-0.15, -0.1) is 11.3 Å². The Balaban J connectivity index is 1.16. The fourth-order valence-electron chi connectivity index (χ4n) is 5.85. The van der Waals surface area contributed by atoms with E-state index < -0.39 is 10.0 Å². The lowest BCUT2D eigenvalue weighted by atomic mass is 9.76. The van der Waals surface area contributed by atoms with Crippen LogP contribution in [0.25, 0.3) is 0 Å². The molecule has 0 saturated carbocycles. The molecule has 0 spiro atoms. The molecule has 0 unspecified atom stereocenters. The van der Waals surface area contributed by atoms with Crippen LogP contribution in [0.15, 0.2) is 21.7 Å². The van der Waals surface area contributed by atoms with E-state index in [1.165, 1.54) is 11.3 Å². The van der Waals surface area contributed by atoms with Crippen LogP contribution in [0.1, 0.15) is 38.5 Å². The van der Waals surface area contributed by atoms with E-state index in [1.807, 2.05) is 9.80 Å². The average Bonchev–Trinajstić information content (AvgIpc) is 3.30. The number of carbonyl (C=O) groups excluding carboxylic acids is 2. The monoisotopic (exact) mass is 466 g/mol. The Morgan fingerprint density at radius 3 is 2.65 bits per heavy atom. The molecule has 5 rings (SSSR count). The molecule has 1 N–H and O–H groups in total. The lowest BCUT2D eigenvalue weighted by molar-refractivity contribution is -0.144. The Bertz CT molecular complexity index is 927. The van der Waals surface area contributed by atoms with Crippen molar-refractivity contribution in [1.29, 1.82) is 0 Å². The van der Waals surface area contributed by atoms with E-state index in [9.17, 15) is 18.0 Å². The highest BCUT2D eigenvalue weighted by molar-refractivity contribution is 7.91. The molecule has 3 atom stereocenters. The minimum absolute atomic E-state index is 0.0739. The summed E-state index contributed by atoms with van der Waals surface area (Å²) in [6.45, 7) is 3.37. The van der Waals surface area contributed by atoms with E-state index in [4.69, 9.17) is 0 Å². The fraction of sp³-hybridized carbons (Fsp3) is 0.714. The SMILES string of the molecule is O=C(N1CCC(NS(=O)(=O)c2cccs2)CC1)N1C[C@H]2C[C@H](C1)[C@H]1CCCC(=O)N1C2. The van der Waals surface area contributed by atoms with Crippen LogP contribution in [0.2, 0.25) is 0 Å². The van der Waals surface area contributed by atoms with Gasteiger partial charge in [-0.3, -0.25) is 4.79 Å². The molecule has 170 valence electrons. The van der Waals surface area contributed by atoms with Crippen LogP contribution < -0.4 is 4.72 Å². The molecule has 0 aromatic carbocycles. The second kappa shape index (κ2) is 8.37. The summed E-state index contributed by atoms with van der Waals surface area (Å²) in [7, 11) is -3.48. The lowest BCUT2D eigenvalue weighted by Gasteiger charge is -2.53. The summed E-state index contributed by atoms with van der Waals surface area (Å²) >= 11 is 1.21. The molecule has 4 aliphatic heterocycles. The summed E-state index contributed by atoms with van der Waals surface area (Å²) in [6, 6.07) is 3.57. The molecule has 4 aliphatic rings. The third kappa shape index (κ3) is 4.21. The Kier molecular flexibility index (Phi) is 5.72. The maximum Gasteiger partial charge on any atom is 0.320 e. The first-order valence-corrected chi connectivity index (χ1v) is 13.7. The molecule has 8 nitrogen and oxygen atoms in total. The third-order valence-corrected chi connectivity index (χ3v) is 10.2. The number of nitrogens with zero attached hydrogens (tertiary/aromatic N) is 3. The van der Waals surface area contributed by atoms with Crippen molar-refractivity contribution in [3.63, 3.8) is 0 Å². The number of nitrogens with one attached hydrogen (secondary N) is 1. The van der Waals surface area contributed by atoms with Crippen LogP contribution in [0.5, 0.6) is 0 Å². The summed E-state index contributed by atoms with van der Waals surface area (Å²) in [5, 5.41) is 1.76. The smallest absolute Gasteiger partial charge is 0.320 e. The van der Waals surface area contributed by atoms with Gasteiger partial charge in [-0.25, -0.2) is 17.9 Å². The Morgan fingerprint density at radius 1 is 1.10 bits per heavy atom. The van der Waals surface area contributed by atoms with Gasteiger partial charge in [0.25, 0.3) is 0 Å². The van der Waals surface area contributed by atoms with Gasteiger partial charge in [0, 0.05) is 51.2 Å². The van der Waals surface area contributed by atoms with Gasteiger partial charge >= 0.3 is 6.03 Å². The van der Waals surface area contributed by atoms with Crippen LogP contribution in [0.4, 0.5) is 4.79 Å². The van der Waals surface area contributed by atoms with Crippen molar-refractivity contribution in [3.8, 4) is 0 Å². The van der Waals surface area contributed by atoms with E-state index in [-0.39, 0.29) is 18.0 Å². The van der Waals surface area contributed by atoms with E-state index in [1.54, 1.807) is 17.5 Å². The van der Waals surface area contributed by atoms with Crippen molar-refractivity contribution in [2.45, 2.75) is 54.8 Å². The van der Waals surface area contributed by atoms with E-state index >= 15 is 0 Å². The largest absolute Gasteiger partial charge is 0.339 e. The number of carbonyl (C=O) groups is 2. The predicted molar refractivity (Wildman–Crippen MR) is 117 cm³/mol. The number of likely N-dealkylation sites (tertiary alicyclic amines) is 2. The van der Waals surface area contributed by atoms with Gasteiger partial charge in [-0.1, -0.05) is 6.07 Å². The molecular formula is C21H30N4O4S2. The number of hydrogen-bond donors (Lipinski definition) is 1. The minimum Gasteiger partial charge on any atom is -0.339 e. The van der Waals surface area contributed by atoms with E-state index in [2.05, 4.69) is 9.62 Å². The first-order valence-electron chi connectivity index (χ1n) is 11.3. The van der Waals surface area contributed by atoms with Crippen LogP contribution in [-0.2, 0) is 14.8 Å². The highest BCUT2D eigenvalue weighted by Gasteiger charge is 2.45. The zero-order valence-corrected chi connectivity index (χ0v) is 19.2. The maximum absolute atomic E-state index is 13.2. The van der Waals surface area contributed by atoms with Crippen molar-refractivity contribution in [2.75, 3.05) is 32.7 Å². The van der Waals surface area contributed by atoms with E-state index in [0.29, 0.717) is 54.4 Å². The zero-order chi connectivity index (χ0) is 21.6. The first kappa shape index (κ1) is 21.2. The van der Waals surface area contributed by atoms with Gasteiger partial charge in [-0.2, -0.15) is 0 Å². The van der Waals surface area contributed by atoms with Gasteiger partial charge in [0.1, 0.15) is 4.21 Å². The number of rotatable bonds is 3. The van der Waals surface area contributed by atoms with Gasteiger partial charge in [0.15, 0.2) is 0 Å². The summed E-state index contributed by atoms with van der Waals surface area (Å²) in [5.41, 5.74) is 0. The van der Waals surface area contributed by atoms with Gasteiger partial charge < -0.3 is 14.7 Å². The van der Waals surface area contributed by atoms with Crippen molar-refractivity contribution in [3.05, 3.63) is 17.5 Å². The molecule has 4 fully saturated rings. The fourth-order valence-corrected chi connectivity index (χ4v) is 8.16. The Labute approximate surface area is 187 Å². The van der Waals surface area contributed by atoms with Crippen LogP contribution in [0, 0.1) is 11.8 Å². The number of hydrogen-bond acceptors (Lipinski definition) is 5. The van der Waals surface area contributed by atoms with Crippen LogP contribution in [0.3, 0.4) is 0 Å². The number of piperidine rings is 4. The summed E-state index contributed by atoms with van der Waals surface area (Å²) < 4.78 is 28.0. The molecule has 1 aromatic rings. The molecule has 10 heteroatoms. The number of urea groups is 1. The normalized spacial score (nSPS) is 29.7. The summed E-state index contributed by atoms with van der Waals surface area (Å²) in [4.78, 5) is 31.5. The number of amides is 3. The molecule has 0 radical (unpaired) electrons. The molecule has 31 heavy (non-hydrogen) atoms. The average molecular weight is 467 g/mol. The first-order chi connectivity index (χ1) is 14.9. The third-order valence-electron chi connectivity index (χ3n) is 7.30. The van der Waals surface area contributed by atoms with Gasteiger partial charge in [0.05, 0.1) is 0 Å². The highest BCUT2D eigenvalue weighted by Crippen LogP contribution is 2.38.